The Morgan fingerprint density at radius 1 is 1.60 bits per heavy atom. The average molecular weight is 210 g/mol. The lowest BCUT2D eigenvalue weighted by Gasteiger charge is -2.37. The smallest absolute Gasteiger partial charge is 0.331 e. The van der Waals surface area contributed by atoms with Gasteiger partial charge in [0.15, 0.2) is 0 Å². The van der Waals surface area contributed by atoms with Crippen molar-refractivity contribution in [2.75, 3.05) is 6.61 Å². The number of aliphatic hydroxyl groups is 1. The molecule has 1 fully saturated rings. The van der Waals surface area contributed by atoms with Gasteiger partial charge in [-0.15, -0.1) is 0 Å². The molecule has 2 rings (SSSR count). The van der Waals surface area contributed by atoms with E-state index in [1.807, 2.05) is 6.92 Å². The normalized spacial score (nSPS) is 36.3. The van der Waals surface area contributed by atoms with Crippen LogP contribution in [-0.2, 0) is 9.53 Å². The van der Waals surface area contributed by atoms with Crippen molar-refractivity contribution >= 4 is 5.97 Å². The molecule has 0 spiro atoms. The molecule has 2 atom stereocenters. The van der Waals surface area contributed by atoms with Gasteiger partial charge in [-0.3, -0.25) is 0 Å². The number of hydrogen-bond acceptors (Lipinski definition) is 3. The first-order valence-corrected chi connectivity index (χ1v) is 5.66. The Kier molecular flexibility index (Phi) is 2.83. The summed E-state index contributed by atoms with van der Waals surface area (Å²) >= 11 is 0. The molecule has 1 saturated carbocycles. The zero-order chi connectivity index (χ0) is 10.9. The fraction of sp³-hybridized carbons (Fsp3) is 0.750. The lowest BCUT2D eigenvalue weighted by atomic mass is 9.74. The third kappa shape index (κ3) is 2.40. The zero-order valence-electron chi connectivity index (χ0n) is 9.16. The van der Waals surface area contributed by atoms with E-state index in [0.29, 0.717) is 6.61 Å². The van der Waals surface area contributed by atoms with Crippen LogP contribution in [0.4, 0.5) is 0 Å². The third-order valence-corrected chi connectivity index (χ3v) is 3.60. The highest BCUT2D eigenvalue weighted by Gasteiger charge is 2.35. The van der Waals surface area contributed by atoms with Crippen molar-refractivity contribution in [3.8, 4) is 0 Å². The molecule has 0 aromatic rings. The van der Waals surface area contributed by atoms with Crippen molar-refractivity contribution in [2.24, 2.45) is 5.92 Å². The minimum absolute atomic E-state index is 0.236. The van der Waals surface area contributed by atoms with E-state index in [1.54, 1.807) is 6.08 Å². The van der Waals surface area contributed by atoms with Crippen LogP contribution in [0.2, 0.25) is 0 Å². The molecule has 0 amide bonds. The summed E-state index contributed by atoms with van der Waals surface area (Å²) < 4.78 is 4.86. The van der Waals surface area contributed by atoms with Gasteiger partial charge in [0, 0.05) is 6.08 Å². The minimum Gasteiger partial charge on any atom is -0.458 e. The Morgan fingerprint density at radius 2 is 2.40 bits per heavy atom. The molecule has 0 aromatic heterocycles. The van der Waals surface area contributed by atoms with E-state index in [-0.39, 0.29) is 11.9 Å². The summed E-state index contributed by atoms with van der Waals surface area (Å²) in [5.74, 6) is 0.0486. The van der Waals surface area contributed by atoms with Crippen molar-refractivity contribution in [2.45, 2.75) is 44.6 Å². The number of cyclic esters (lactones) is 1. The second-order valence-corrected chi connectivity index (χ2v) is 4.91. The van der Waals surface area contributed by atoms with Crippen LogP contribution in [0.3, 0.4) is 0 Å². The highest BCUT2D eigenvalue weighted by atomic mass is 16.5. The van der Waals surface area contributed by atoms with Crippen LogP contribution in [0.15, 0.2) is 11.6 Å². The van der Waals surface area contributed by atoms with E-state index in [9.17, 15) is 9.90 Å². The van der Waals surface area contributed by atoms with Crippen LogP contribution in [-0.4, -0.2) is 23.3 Å². The second kappa shape index (κ2) is 3.97. The van der Waals surface area contributed by atoms with Crippen LogP contribution in [0, 0.1) is 5.92 Å². The predicted octanol–water partition coefficient (Wildman–Crippen LogP) is 1.80. The van der Waals surface area contributed by atoms with Gasteiger partial charge in [-0.2, -0.15) is 0 Å². The summed E-state index contributed by atoms with van der Waals surface area (Å²) in [7, 11) is 0. The molecule has 0 radical (unpaired) electrons. The third-order valence-electron chi connectivity index (χ3n) is 3.60. The Hall–Kier alpha value is -0.830. The molecule has 15 heavy (non-hydrogen) atoms. The van der Waals surface area contributed by atoms with Crippen molar-refractivity contribution in [1.82, 2.24) is 0 Å². The highest BCUT2D eigenvalue weighted by molar-refractivity contribution is 5.85. The van der Waals surface area contributed by atoms with Crippen LogP contribution in [0.1, 0.15) is 39.0 Å². The molecule has 1 N–H and O–H groups in total. The molecule has 1 heterocycles. The van der Waals surface area contributed by atoms with E-state index in [2.05, 4.69) is 0 Å². The highest BCUT2D eigenvalue weighted by Crippen LogP contribution is 2.37. The van der Waals surface area contributed by atoms with E-state index >= 15 is 0 Å². The largest absolute Gasteiger partial charge is 0.458 e. The van der Waals surface area contributed by atoms with Gasteiger partial charge in [-0.05, 0) is 37.7 Å². The van der Waals surface area contributed by atoms with Gasteiger partial charge in [0.25, 0.3) is 0 Å². The van der Waals surface area contributed by atoms with Gasteiger partial charge in [0.05, 0.1) is 5.60 Å². The topological polar surface area (TPSA) is 46.5 Å². The maximum absolute atomic E-state index is 10.9. The zero-order valence-corrected chi connectivity index (χ0v) is 9.16. The van der Waals surface area contributed by atoms with E-state index in [4.69, 9.17) is 4.74 Å². The van der Waals surface area contributed by atoms with Crippen molar-refractivity contribution in [3.05, 3.63) is 11.6 Å². The number of carbonyl (C=O) groups excluding carboxylic acids is 1. The number of esters is 1. The van der Waals surface area contributed by atoms with Crippen molar-refractivity contribution < 1.29 is 14.6 Å². The molecule has 3 heteroatoms. The number of rotatable bonds is 2. The lowest BCUT2D eigenvalue weighted by molar-refractivity contribution is -0.134. The monoisotopic (exact) mass is 210 g/mol. The van der Waals surface area contributed by atoms with Crippen molar-refractivity contribution in [3.63, 3.8) is 0 Å². The summed E-state index contributed by atoms with van der Waals surface area (Å²) in [6.07, 6.45) is 6.60. The molecule has 1 aliphatic carbocycles. The molecule has 0 saturated heterocycles. The number of hydrogen-bond donors (Lipinski definition) is 1. The predicted molar refractivity (Wildman–Crippen MR) is 56.2 cm³/mol. The Morgan fingerprint density at radius 3 is 3.00 bits per heavy atom. The summed E-state index contributed by atoms with van der Waals surface area (Å²) in [4.78, 5) is 10.9. The molecule has 0 aromatic carbocycles. The van der Waals surface area contributed by atoms with Crippen molar-refractivity contribution in [1.29, 1.82) is 0 Å². The molecule has 84 valence electrons. The number of carbonyl (C=O) groups is 1. The SMILES string of the molecule is C[C@]1(O)CCCC[C@@H]1CC1=CC(=O)OC1. The summed E-state index contributed by atoms with van der Waals surface area (Å²) in [6, 6.07) is 0. The van der Waals surface area contributed by atoms with Crippen LogP contribution < -0.4 is 0 Å². The fourth-order valence-electron chi connectivity index (χ4n) is 2.56. The van der Waals surface area contributed by atoms with Gasteiger partial charge in [-0.1, -0.05) is 12.8 Å². The summed E-state index contributed by atoms with van der Waals surface area (Å²) in [5, 5.41) is 10.2. The van der Waals surface area contributed by atoms with E-state index in [1.165, 1.54) is 6.42 Å². The minimum atomic E-state index is -0.565. The molecular weight excluding hydrogens is 192 g/mol. The Bertz CT molecular complexity index is 291. The Balaban J connectivity index is 1.98. The molecule has 3 nitrogen and oxygen atoms in total. The maximum atomic E-state index is 10.9. The molecule has 2 aliphatic rings. The second-order valence-electron chi connectivity index (χ2n) is 4.91. The maximum Gasteiger partial charge on any atom is 0.331 e. The molecular formula is C12H18O3. The van der Waals surface area contributed by atoms with Crippen LogP contribution in [0.5, 0.6) is 0 Å². The van der Waals surface area contributed by atoms with Gasteiger partial charge < -0.3 is 9.84 Å². The van der Waals surface area contributed by atoms with Gasteiger partial charge in [0.2, 0.25) is 0 Å². The first kappa shape index (κ1) is 10.7. The standard InChI is InChI=1S/C12H18O3/c1-12(14)5-3-2-4-10(12)6-9-7-11(13)15-8-9/h7,10,14H,2-6,8H2,1H3/t10-,12+/m1/s1. The van der Waals surface area contributed by atoms with E-state index < -0.39 is 5.60 Å². The first-order valence-electron chi connectivity index (χ1n) is 5.66. The van der Waals surface area contributed by atoms with Crippen LogP contribution in [0.25, 0.3) is 0 Å². The number of ether oxygens (including phenoxy) is 1. The molecule has 1 aliphatic heterocycles. The average Bonchev–Trinajstić information content (AvgIpc) is 2.55. The van der Waals surface area contributed by atoms with E-state index in [0.717, 1.165) is 31.3 Å². The fourth-order valence-corrected chi connectivity index (χ4v) is 2.56. The van der Waals surface area contributed by atoms with Crippen LogP contribution >= 0.6 is 0 Å². The molecule has 0 unspecified atom stereocenters. The quantitative estimate of drug-likeness (QED) is 0.707. The first-order chi connectivity index (χ1) is 7.08. The summed E-state index contributed by atoms with van der Waals surface area (Å²) in [5.41, 5.74) is 0.470. The summed E-state index contributed by atoms with van der Waals surface area (Å²) in [6.45, 7) is 2.33. The lowest BCUT2D eigenvalue weighted by Crippen LogP contribution is -2.37. The van der Waals surface area contributed by atoms with Gasteiger partial charge in [-0.25, -0.2) is 4.79 Å². The molecule has 0 bridgehead atoms. The Labute approximate surface area is 90.1 Å². The van der Waals surface area contributed by atoms with Gasteiger partial charge >= 0.3 is 5.97 Å². The van der Waals surface area contributed by atoms with Gasteiger partial charge in [0.1, 0.15) is 6.61 Å².